The number of aliphatic hydroxyl groups excluding tert-OH is 1. The third-order valence-electron chi connectivity index (χ3n) is 2.83. The number of nitrogens with zero attached hydrogens (tertiary/aromatic N) is 2. The van der Waals surface area contributed by atoms with Crippen LogP contribution in [0, 0.1) is 0 Å². The van der Waals surface area contributed by atoms with Crippen LogP contribution in [0.2, 0.25) is 0 Å². The van der Waals surface area contributed by atoms with Gasteiger partial charge in [0.05, 0.1) is 12.0 Å². The van der Waals surface area contributed by atoms with Crippen molar-refractivity contribution in [1.82, 2.24) is 10.1 Å². The average Bonchev–Trinajstić information content (AvgIpc) is 2.68. The SMILES string of the molecule is CCC(c1nc(C(C)(C)OC)no1)C(C)O. The number of aliphatic hydroxyl groups is 1. The van der Waals surface area contributed by atoms with Crippen LogP contribution in [0.3, 0.4) is 0 Å². The zero-order chi connectivity index (χ0) is 12.3. The first-order chi connectivity index (χ1) is 7.42. The summed E-state index contributed by atoms with van der Waals surface area (Å²) < 4.78 is 10.4. The van der Waals surface area contributed by atoms with E-state index in [1.807, 2.05) is 20.8 Å². The zero-order valence-electron chi connectivity index (χ0n) is 10.5. The van der Waals surface area contributed by atoms with Crippen molar-refractivity contribution in [1.29, 1.82) is 0 Å². The number of hydrogen-bond donors (Lipinski definition) is 1. The lowest BCUT2D eigenvalue weighted by Gasteiger charge is -2.17. The lowest BCUT2D eigenvalue weighted by atomic mass is 10.0. The molecule has 2 atom stereocenters. The minimum Gasteiger partial charge on any atom is -0.393 e. The van der Waals surface area contributed by atoms with Crippen molar-refractivity contribution in [3.63, 3.8) is 0 Å². The Hall–Kier alpha value is -0.940. The van der Waals surface area contributed by atoms with Crippen LogP contribution in [0.15, 0.2) is 4.52 Å². The van der Waals surface area contributed by atoms with Crippen molar-refractivity contribution < 1.29 is 14.4 Å². The van der Waals surface area contributed by atoms with Gasteiger partial charge in [0, 0.05) is 7.11 Å². The summed E-state index contributed by atoms with van der Waals surface area (Å²) in [5.41, 5.74) is -0.571. The third kappa shape index (κ3) is 2.59. The van der Waals surface area contributed by atoms with Gasteiger partial charge in [-0.2, -0.15) is 4.98 Å². The summed E-state index contributed by atoms with van der Waals surface area (Å²) in [5.74, 6) is 0.857. The highest BCUT2D eigenvalue weighted by Crippen LogP contribution is 2.26. The van der Waals surface area contributed by atoms with Gasteiger partial charge in [0.25, 0.3) is 0 Å². The molecule has 5 heteroatoms. The normalized spacial score (nSPS) is 16.1. The molecule has 92 valence electrons. The minimum absolute atomic E-state index is 0.117. The maximum absolute atomic E-state index is 9.58. The summed E-state index contributed by atoms with van der Waals surface area (Å²) in [6.07, 6.45) is 0.260. The van der Waals surface area contributed by atoms with Crippen LogP contribution in [-0.4, -0.2) is 28.5 Å². The number of hydrogen-bond acceptors (Lipinski definition) is 5. The van der Waals surface area contributed by atoms with Gasteiger partial charge < -0.3 is 14.4 Å². The van der Waals surface area contributed by atoms with Crippen molar-refractivity contribution in [2.24, 2.45) is 0 Å². The van der Waals surface area contributed by atoms with Crippen LogP contribution in [0.4, 0.5) is 0 Å². The van der Waals surface area contributed by atoms with Crippen molar-refractivity contribution >= 4 is 0 Å². The van der Waals surface area contributed by atoms with Gasteiger partial charge in [0.1, 0.15) is 5.60 Å². The lowest BCUT2D eigenvalue weighted by Crippen LogP contribution is -2.21. The Morgan fingerprint density at radius 3 is 2.56 bits per heavy atom. The molecule has 5 nitrogen and oxygen atoms in total. The molecule has 1 aromatic rings. The van der Waals surface area contributed by atoms with Crippen molar-refractivity contribution in [2.45, 2.75) is 51.7 Å². The molecule has 0 saturated carbocycles. The Balaban J connectivity index is 2.94. The van der Waals surface area contributed by atoms with Crippen LogP contribution >= 0.6 is 0 Å². The van der Waals surface area contributed by atoms with Crippen molar-refractivity contribution in [2.75, 3.05) is 7.11 Å². The molecule has 1 rings (SSSR count). The van der Waals surface area contributed by atoms with Gasteiger partial charge in [-0.05, 0) is 27.2 Å². The van der Waals surface area contributed by atoms with Crippen LogP contribution in [0.5, 0.6) is 0 Å². The fraction of sp³-hybridized carbons (Fsp3) is 0.818. The summed E-state index contributed by atoms with van der Waals surface area (Å²) >= 11 is 0. The van der Waals surface area contributed by atoms with E-state index < -0.39 is 11.7 Å². The van der Waals surface area contributed by atoms with E-state index in [9.17, 15) is 5.11 Å². The second kappa shape index (κ2) is 4.93. The van der Waals surface area contributed by atoms with Gasteiger partial charge >= 0.3 is 0 Å². The average molecular weight is 228 g/mol. The molecule has 1 aromatic heterocycles. The maximum Gasteiger partial charge on any atom is 0.232 e. The maximum atomic E-state index is 9.58. The fourth-order valence-electron chi connectivity index (χ4n) is 1.44. The molecule has 0 saturated heterocycles. The molecular formula is C11H20N2O3. The summed E-state index contributed by atoms with van der Waals surface area (Å²) in [5, 5.41) is 13.5. The minimum atomic E-state index is -0.571. The highest BCUT2D eigenvalue weighted by Gasteiger charge is 2.29. The molecule has 0 radical (unpaired) electrons. The van der Waals surface area contributed by atoms with Gasteiger partial charge in [0.15, 0.2) is 0 Å². The Morgan fingerprint density at radius 1 is 1.50 bits per heavy atom. The zero-order valence-corrected chi connectivity index (χ0v) is 10.5. The quantitative estimate of drug-likeness (QED) is 0.832. The van der Waals surface area contributed by atoms with Crippen LogP contribution in [0.25, 0.3) is 0 Å². The molecule has 16 heavy (non-hydrogen) atoms. The van der Waals surface area contributed by atoms with E-state index in [0.29, 0.717) is 11.7 Å². The molecule has 0 aliphatic heterocycles. The largest absolute Gasteiger partial charge is 0.393 e. The van der Waals surface area contributed by atoms with Crippen LogP contribution in [-0.2, 0) is 10.3 Å². The first-order valence-electron chi connectivity index (χ1n) is 5.49. The van der Waals surface area contributed by atoms with E-state index in [4.69, 9.17) is 9.26 Å². The molecule has 0 bridgehead atoms. The van der Waals surface area contributed by atoms with Crippen molar-refractivity contribution in [3.05, 3.63) is 11.7 Å². The predicted molar refractivity (Wildman–Crippen MR) is 59.0 cm³/mol. The molecule has 2 unspecified atom stereocenters. The molecular weight excluding hydrogens is 208 g/mol. The number of ether oxygens (including phenoxy) is 1. The molecule has 0 aromatic carbocycles. The van der Waals surface area contributed by atoms with E-state index >= 15 is 0 Å². The monoisotopic (exact) mass is 228 g/mol. The van der Waals surface area contributed by atoms with Crippen LogP contribution in [0.1, 0.15) is 51.7 Å². The Bertz CT molecular complexity index is 334. The fourth-order valence-corrected chi connectivity index (χ4v) is 1.44. The molecule has 0 fully saturated rings. The van der Waals surface area contributed by atoms with E-state index in [-0.39, 0.29) is 5.92 Å². The second-order valence-corrected chi connectivity index (χ2v) is 4.43. The highest BCUT2D eigenvalue weighted by molar-refractivity contribution is 5.01. The molecule has 0 aliphatic rings. The standard InChI is InChI=1S/C11H20N2O3/c1-6-8(7(2)14)9-12-10(13-16-9)11(3,4)15-5/h7-8,14H,6H2,1-5H3. The number of methoxy groups -OCH3 is 1. The van der Waals surface area contributed by atoms with E-state index in [1.54, 1.807) is 14.0 Å². The predicted octanol–water partition coefficient (Wildman–Crippen LogP) is 1.83. The highest BCUT2D eigenvalue weighted by atomic mass is 16.5. The van der Waals surface area contributed by atoms with E-state index in [2.05, 4.69) is 10.1 Å². The molecule has 0 amide bonds. The smallest absolute Gasteiger partial charge is 0.232 e. The first kappa shape index (κ1) is 13.1. The second-order valence-electron chi connectivity index (χ2n) is 4.43. The van der Waals surface area contributed by atoms with E-state index in [1.165, 1.54) is 0 Å². The third-order valence-corrected chi connectivity index (χ3v) is 2.83. The van der Waals surface area contributed by atoms with Gasteiger partial charge in [-0.25, -0.2) is 0 Å². The molecule has 1 N–H and O–H groups in total. The summed E-state index contributed by atoms with van der Waals surface area (Å²) in [4.78, 5) is 4.28. The Morgan fingerprint density at radius 2 is 2.12 bits per heavy atom. The van der Waals surface area contributed by atoms with Gasteiger partial charge in [0.2, 0.25) is 11.7 Å². The van der Waals surface area contributed by atoms with E-state index in [0.717, 1.165) is 6.42 Å². The Kier molecular flexibility index (Phi) is 4.04. The molecule has 0 aliphatic carbocycles. The van der Waals surface area contributed by atoms with Gasteiger partial charge in [-0.15, -0.1) is 0 Å². The number of aromatic nitrogens is 2. The van der Waals surface area contributed by atoms with Crippen molar-refractivity contribution in [3.8, 4) is 0 Å². The molecule has 1 heterocycles. The van der Waals surface area contributed by atoms with Crippen LogP contribution < -0.4 is 0 Å². The van der Waals surface area contributed by atoms with Gasteiger partial charge in [-0.1, -0.05) is 12.1 Å². The van der Waals surface area contributed by atoms with Gasteiger partial charge in [-0.3, -0.25) is 0 Å². The topological polar surface area (TPSA) is 68.4 Å². The summed E-state index contributed by atoms with van der Waals surface area (Å²) in [7, 11) is 1.60. The lowest BCUT2D eigenvalue weighted by molar-refractivity contribution is 0.00973. The first-order valence-corrected chi connectivity index (χ1v) is 5.49. The molecule has 0 spiro atoms. The summed E-state index contributed by atoms with van der Waals surface area (Å²) in [6.45, 7) is 7.43. The number of rotatable bonds is 5. The Labute approximate surface area is 95.8 Å². The summed E-state index contributed by atoms with van der Waals surface area (Å²) in [6, 6.07) is 0.